The molecule has 0 heterocycles. The quantitative estimate of drug-likeness (QED) is 0.364. The lowest BCUT2D eigenvalue weighted by molar-refractivity contribution is -0.0253. The summed E-state index contributed by atoms with van der Waals surface area (Å²) in [4.78, 5) is 37.5. The molecule has 170 valence electrons. The monoisotopic (exact) mass is 446 g/mol. The second-order valence-corrected chi connectivity index (χ2v) is 7.83. The zero-order valence-corrected chi connectivity index (χ0v) is 18.9. The van der Waals surface area contributed by atoms with Gasteiger partial charge in [-0.3, -0.25) is 0 Å². The number of aryl methyl sites for hydroxylation is 3. The van der Waals surface area contributed by atoms with Gasteiger partial charge < -0.3 is 14.2 Å². The molecule has 0 saturated heterocycles. The molecule has 0 atom stereocenters. The highest BCUT2D eigenvalue weighted by Crippen LogP contribution is 2.12. The van der Waals surface area contributed by atoms with Crippen molar-refractivity contribution in [3.63, 3.8) is 0 Å². The van der Waals surface area contributed by atoms with Crippen LogP contribution in [-0.2, 0) is 14.2 Å². The molecule has 6 heteroatoms. The minimum absolute atomic E-state index is 0.259. The van der Waals surface area contributed by atoms with Gasteiger partial charge in [-0.2, -0.15) is 0 Å². The number of carbonyl (C=O) groups excluding carboxylic acids is 3. The van der Waals surface area contributed by atoms with Gasteiger partial charge in [-0.1, -0.05) is 53.1 Å². The maximum Gasteiger partial charge on any atom is 0.338 e. The summed E-state index contributed by atoms with van der Waals surface area (Å²) in [6.07, 6.45) is -0.972. The summed E-state index contributed by atoms with van der Waals surface area (Å²) in [6, 6.07) is 20.9. The van der Waals surface area contributed by atoms with E-state index in [1.807, 2.05) is 39.0 Å². The zero-order valence-electron chi connectivity index (χ0n) is 18.9. The summed E-state index contributed by atoms with van der Waals surface area (Å²) in [5.41, 5.74) is 3.86. The molecule has 0 spiro atoms. The Morgan fingerprint density at radius 3 is 1.33 bits per heavy atom. The van der Waals surface area contributed by atoms with Gasteiger partial charge in [0.15, 0.2) is 6.10 Å². The Balaban J connectivity index is 1.68. The summed E-state index contributed by atoms with van der Waals surface area (Å²) in [5.74, 6) is -1.71. The molecule has 3 aromatic rings. The molecule has 6 nitrogen and oxygen atoms in total. The zero-order chi connectivity index (χ0) is 23.8. The fraction of sp³-hybridized carbons (Fsp3) is 0.222. The van der Waals surface area contributed by atoms with Crippen LogP contribution in [0.4, 0.5) is 0 Å². The molecule has 0 radical (unpaired) electrons. The van der Waals surface area contributed by atoms with Gasteiger partial charge in [0.2, 0.25) is 0 Å². The first-order chi connectivity index (χ1) is 15.8. The van der Waals surface area contributed by atoms with Crippen molar-refractivity contribution in [1.29, 1.82) is 0 Å². The molecule has 0 unspecified atom stereocenters. The molecule has 0 aromatic heterocycles. The average molecular weight is 446 g/mol. The molecule has 0 aliphatic rings. The Bertz CT molecular complexity index is 1090. The van der Waals surface area contributed by atoms with Crippen LogP contribution in [0.15, 0.2) is 72.8 Å². The number of benzene rings is 3. The third kappa shape index (κ3) is 7.04. The number of rotatable bonds is 8. The number of ether oxygens (including phenoxy) is 3. The van der Waals surface area contributed by atoms with Crippen molar-refractivity contribution >= 4 is 17.9 Å². The molecule has 0 aliphatic carbocycles. The number of hydrogen-bond acceptors (Lipinski definition) is 6. The standard InChI is InChI=1S/C27H26O6/c1-18-7-4-10-21(13-18)25(28)31-16-24(33-27(30)23-12-6-9-20(3)15-23)17-32-26(29)22-11-5-8-19(2)14-22/h4-15,24H,16-17H2,1-3H3. The highest BCUT2D eigenvalue weighted by Gasteiger charge is 2.21. The first kappa shape index (κ1) is 23.7. The Hall–Kier alpha value is -3.93. The Morgan fingerprint density at radius 1 is 0.606 bits per heavy atom. The fourth-order valence-corrected chi connectivity index (χ4v) is 3.16. The normalized spacial score (nSPS) is 10.5. The number of esters is 3. The van der Waals surface area contributed by atoms with E-state index in [-0.39, 0.29) is 13.2 Å². The number of hydrogen-bond donors (Lipinski definition) is 0. The maximum absolute atomic E-state index is 12.6. The van der Waals surface area contributed by atoms with Crippen molar-refractivity contribution in [2.75, 3.05) is 13.2 Å². The van der Waals surface area contributed by atoms with Gasteiger partial charge in [-0.05, 0) is 57.2 Å². The van der Waals surface area contributed by atoms with Crippen LogP contribution in [0.25, 0.3) is 0 Å². The van der Waals surface area contributed by atoms with Crippen LogP contribution in [0.3, 0.4) is 0 Å². The van der Waals surface area contributed by atoms with Gasteiger partial charge in [0, 0.05) is 0 Å². The summed E-state index contributed by atoms with van der Waals surface area (Å²) < 4.78 is 16.2. The van der Waals surface area contributed by atoms with E-state index in [9.17, 15) is 14.4 Å². The van der Waals surface area contributed by atoms with Crippen LogP contribution in [0.2, 0.25) is 0 Å². The van der Waals surface area contributed by atoms with Crippen LogP contribution < -0.4 is 0 Å². The molecule has 33 heavy (non-hydrogen) atoms. The largest absolute Gasteiger partial charge is 0.458 e. The van der Waals surface area contributed by atoms with Crippen molar-refractivity contribution in [1.82, 2.24) is 0 Å². The average Bonchev–Trinajstić information content (AvgIpc) is 2.80. The van der Waals surface area contributed by atoms with Gasteiger partial charge in [0.05, 0.1) is 16.7 Å². The van der Waals surface area contributed by atoms with Gasteiger partial charge >= 0.3 is 17.9 Å². The lowest BCUT2D eigenvalue weighted by atomic mass is 10.1. The van der Waals surface area contributed by atoms with Gasteiger partial charge in [0.25, 0.3) is 0 Å². The smallest absolute Gasteiger partial charge is 0.338 e. The Kier molecular flexibility index (Phi) is 7.97. The summed E-state index contributed by atoms with van der Waals surface area (Å²) in [7, 11) is 0. The highest BCUT2D eigenvalue weighted by molar-refractivity contribution is 5.91. The van der Waals surface area contributed by atoms with Gasteiger partial charge in [0.1, 0.15) is 13.2 Å². The van der Waals surface area contributed by atoms with E-state index >= 15 is 0 Å². The first-order valence-electron chi connectivity index (χ1n) is 10.6. The molecule has 0 N–H and O–H groups in total. The molecular formula is C27H26O6. The van der Waals surface area contributed by atoms with Crippen LogP contribution in [0, 0.1) is 20.8 Å². The molecule has 0 fully saturated rings. The van der Waals surface area contributed by atoms with E-state index in [1.165, 1.54) is 0 Å². The lowest BCUT2D eigenvalue weighted by Gasteiger charge is -2.18. The topological polar surface area (TPSA) is 78.9 Å². The maximum atomic E-state index is 12.6. The summed E-state index contributed by atoms with van der Waals surface area (Å²) in [6.45, 7) is 5.08. The molecule has 0 amide bonds. The Morgan fingerprint density at radius 2 is 0.970 bits per heavy atom. The predicted molar refractivity (Wildman–Crippen MR) is 123 cm³/mol. The second-order valence-electron chi connectivity index (χ2n) is 7.83. The van der Waals surface area contributed by atoms with Crippen molar-refractivity contribution in [3.8, 4) is 0 Å². The predicted octanol–water partition coefficient (Wildman–Crippen LogP) is 4.85. The van der Waals surface area contributed by atoms with Crippen LogP contribution >= 0.6 is 0 Å². The third-order valence-electron chi connectivity index (χ3n) is 4.84. The van der Waals surface area contributed by atoms with Crippen LogP contribution in [0.1, 0.15) is 47.8 Å². The van der Waals surface area contributed by atoms with E-state index in [0.717, 1.165) is 16.7 Å². The molecule has 0 saturated carbocycles. The van der Waals surface area contributed by atoms with E-state index < -0.39 is 24.0 Å². The van der Waals surface area contributed by atoms with E-state index in [0.29, 0.717) is 16.7 Å². The SMILES string of the molecule is Cc1cccc(C(=O)OCC(COC(=O)c2cccc(C)c2)OC(=O)c2cccc(C)c2)c1. The van der Waals surface area contributed by atoms with Crippen molar-refractivity contribution in [3.05, 3.63) is 106 Å². The minimum Gasteiger partial charge on any atom is -0.458 e. The van der Waals surface area contributed by atoms with E-state index in [2.05, 4.69) is 0 Å². The van der Waals surface area contributed by atoms with E-state index in [1.54, 1.807) is 54.6 Å². The van der Waals surface area contributed by atoms with Crippen LogP contribution in [-0.4, -0.2) is 37.2 Å². The second kappa shape index (κ2) is 11.1. The molecule has 3 aromatic carbocycles. The van der Waals surface area contributed by atoms with Gasteiger partial charge in [-0.25, -0.2) is 14.4 Å². The van der Waals surface area contributed by atoms with Gasteiger partial charge in [-0.15, -0.1) is 0 Å². The van der Waals surface area contributed by atoms with Crippen molar-refractivity contribution in [2.24, 2.45) is 0 Å². The fourth-order valence-electron chi connectivity index (χ4n) is 3.16. The lowest BCUT2D eigenvalue weighted by Crippen LogP contribution is -2.31. The summed E-state index contributed by atoms with van der Waals surface area (Å²) >= 11 is 0. The minimum atomic E-state index is -0.972. The van der Waals surface area contributed by atoms with E-state index in [4.69, 9.17) is 14.2 Å². The summed E-state index contributed by atoms with van der Waals surface area (Å²) in [5, 5.41) is 0. The molecule has 0 aliphatic heterocycles. The molecule has 0 bridgehead atoms. The van der Waals surface area contributed by atoms with Crippen molar-refractivity contribution in [2.45, 2.75) is 26.9 Å². The first-order valence-corrected chi connectivity index (χ1v) is 10.6. The molecular weight excluding hydrogens is 420 g/mol. The molecule has 3 rings (SSSR count). The number of carbonyl (C=O) groups is 3. The van der Waals surface area contributed by atoms with Crippen molar-refractivity contribution < 1.29 is 28.6 Å². The Labute approximate surface area is 193 Å². The van der Waals surface area contributed by atoms with Crippen LogP contribution in [0.5, 0.6) is 0 Å². The highest BCUT2D eigenvalue weighted by atomic mass is 16.6. The third-order valence-corrected chi connectivity index (χ3v) is 4.84.